The first-order chi connectivity index (χ1) is 11.8. The molecule has 0 aliphatic carbocycles. The molecule has 1 aromatic rings. The Labute approximate surface area is 149 Å². The third-order valence-corrected chi connectivity index (χ3v) is 7.85. The number of pyridine rings is 1. The lowest BCUT2D eigenvalue weighted by molar-refractivity contribution is -0.138. The molecule has 3 rings (SSSR count). The minimum Gasteiger partial charge on any atom is -0.375 e. The summed E-state index contributed by atoms with van der Waals surface area (Å²) in [6.45, 7) is 5.39. The van der Waals surface area contributed by atoms with Crippen molar-refractivity contribution in [2.75, 3.05) is 25.4 Å². The van der Waals surface area contributed by atoms with Gasteiger partial charge in [0.2, 0.25) is 5.91 Å². The van der Waals surface area contributed by atoms with Crippen molar-refractivity contribution in [1.82, 2.24) is 9.88 Å². The SMILES string of the molecule is CC(C)CC(=O)N1CC2(C1)[C@H](COCc1ccccn1)CCS2(=O)=O. The maximum Gasteiger partial charge on any atom is 0.222 e. The fourth-order valence-electron chi connectivity index (χ4n) is 3.75. The van der Waals surface area contributed by atoms with Gasteiger partial charge in [-0.15, -0.1) is 0 Å². The van der Waals surface area contributed by atoms with E-state index in [0.717, 1.165) is 5.69 Å². The van der Waals surface area contributed by atoms with Crippen LogP contribution in [0, 0.1) is 11.8 Å². The maximum absolute atomic E-state index is 12.6. The van der Waals surface area contributed by atoms with Gasteiger partial charge in [0.15, 0.2) is 9.84 Å². The van der Waals surface area contributed by atoms with E-state index in [1.165, 1.54) is 0 Å². The van der Waals surface area contributed by atoms with Gasteiger partial charge >= 0.3 is 0 Å². The Morgan fingerprint density at radius 2 is 2.16 bits per heavy atom. The zero-order valence-electron chi connectivity index (χ0n) is 14.8. The lowest BCUT2D eigenvalue weighted by atomic mass is 9.83. The highest BCUT2D eigenvalue weighted by Gasteiger charge is 2.62. The number of nitrogens with zero attached hydrogens (tertiary/aromatic N) is 2. The smallest absolute Gasteiger partial charge is 0.222 e. The first kappa shape index (κ1) is 18.3. The van der Waals surface area contributed by atoms with Crippen LogP contribution in [0.25, 0.3) is 0 Å². The monoisotopic (exact) mass is 366 g/mol. The summed E-state index contributed by atoms with van der Waals surface area (Å²) < 4.78 is 30.1. The van der Waals surface area contributed by atoms with Gasteiger partial charge in [0.05, 0.1) is 24.7 Å². The quantitative estimate of drug-likeness (QED) is 0.765. The van der Waals surface area contributed by atoms with Crippen molar-refractivity contribution in [2.24, 2.45) is 11.8 Å². The summed E-state index contributed by atoms with van der Waals surface area (Å²) in [5, 5.41) is 0. The Morgan fingerprint density at radius 1 is 1.40 bits per heavy atom. The van der Waals surface area contributed by atoms with Gasteiger partial charge in [0, 0.05) is 31.6 Å². The van der Waals surface area contributed by atoms with Crippen molar-refractivity contribution in [3.63, 3.8) is 0 Å². The molecule has 0 aromatic carbocycles. The summed E-state index contributed by atoms with van der Waals surface area (Å²) in [5.74, 6) is 0.471. The molecule has 0 bridgehead atoms. The molecular weight excluding hydrogens is 340 g/mol. The minimum absolute atomic E-state index is 0.0516. The lowest BCUT2D eigenvalue weighted by Crippen LogP contribution is -2.68. The molecule has 1 aromatic heterocycles. The van der Waals surface area contributed by atoms with Crippen LogP contribution in [0.3, 0.4) is 0 Å². The Bertz CT molecular complexity index is 712. The first-order valence-corrected chi connectivity index (χ1v) is 10.5. The Kier molecular flexibility index (Phi) is 5.16. The normalized spacial score (nSPS) is 23.8. The number of carbonyl (C=O) groups excluding carboxylic acids is 1. The van der Waals surface area contributed by atoms with Crippen molar-refractivity contribution in [1.29, 1.82) is 0 Å². The van der Waals surface area contributed by atoms with Crippen LogP contribution in [-0.4, -0.2) is 54.4 Å². The van der Waals surface area contributed by atoms with E-state index in [0.29, 0.717) is 39.1 Å². The molecule has 7 heteroatoms. The highest BCUT2D eigenvalue weighted by atomic mass is 32.2. The van der Waals surface area contributed by atoms with Crippen LogP contribution in [0.4, 0.5) is 0 Å². The van der Waals surface area contributed by atoms with E-state index in [9.17, 15) is 13.2 Å². The Balaban J connectivity index is 1.60. The number of carbonyl (C=O) groups is 1. The largest absolute Gasteiger partial charge is 0.375 e. The molecule has 0 saturated carbocycles. The van der Waals surface area contributed by atoms with E-state index >= 15 is 0 Å². The van der Waals surface area contributed by atoms with Crippen LogP contribution >= 0.6 is 0 Å². The summed E-state index contributed by atoms with van der Waals surface area (Å²) in [6, 6.07) is 5.63. The fourth-order valence-corrected chi connectivity index (χ4v) is 6.15. The molecule has 1 spiro atoms. The minimum atomic E-state index is -3.18. The van der Waals surface area contributed by atoms with Crippen molar-refractivity contribution in [2.45, 2.75) is 38.0 Å². The number of aromatic nitrogens is 1. The highest BCUT2D eigenvalue weighted by molar-refractivity contribution is 7.93. The average Bonchev–Trinajstić information content (AvgIpc) is 2.77. The zero-order valence-corrected chi connectivity index (χ0v) is 15.7. The van der Waals surface area contributed by atoms with Crippen LogP contribution in [0.15, 0.2) is 24.4 Å². The van der Waals surface area contributed by atoms with E-state index in [4.69, 9.17) is 4.74 Å². The third-order valence-electron chi connectivity index (χ3n) is 5.25. The summed E-state index contributed by atoms with van der Waals surface area (Å²) in [7, 11) is -3.18. The second-order valence-electron chi connectivity index (χ2n) is 7.55. The number of likely N-dealkylation sites (tertiary alicyclic amines) is 1. The summed E-state index contributed by atoms with van der Waals surface area (Å²) in [5.41, 5.74) is 0.833. The number of rotatable bonds is 6. The number of hydrogen-bond donors (Lipinski definition) is 0. The second kappa shape index (κ2) is 7.03. The molecule has 2 fully saturated rings. The number of sulfone groups is 1. The highest BCUT2D eigenvalue weighted by Crippen LogP contribution is 2.45. The van der Waals surface area contributed by atoms with Crippen LogP contribution in [0.2, 0.25) is 0 Å². The topological polar surface area (TPSA) is 76.6 Å². The van der Waals surface area contributed by atoms with Crippen LogP contribution in [0.5, 0.6) is 0 Å². The maximum atomic E-state index is 12.6. The predicted molar refractivity (Wildman–Crippen MR) is 94.6 cm³/mol. The van der Waals surface area contributed by atoms with Gasteiger partial charge in [-0.1, -0.05) is 19.9 Å². The Morgan fingerprint density at radius 3 is 2.80 bits per heavy atom. The van der Waals surface area contributed by atoms with Crippen LogP contribution in [-0.2, 0) is 26.0 Å². The summed E-state index contributed by atoms with van der Waals surface area (Å²) >= 11 is 0. The van der Waals surface area contributed by atoms with Crippen LogP contribution in [0.1, 0.15) is 32.4 Å². The molecule has 3 heterocycles. The molecule has 1 atom stereocenters. The van der Waals surface area contributed by atoms with Gasteiger partial charge in [0.1, 0.15) is 4.75 Å². The molecule has 0 N–H and O–H groups in total. The third kappa shape index (κ3) is 3.58. The van der Waals surface area contributed by atoms with Gasteiger partial charge in [0.25, 0.3) is 0 Å². The molecule has 138 valence electrons. The van der Waals surface area contributed by atoms with Gasteiger partial charge in [-0.05, 0) is 24.5 Å². The van der Waals surface area contributed by atoms with Crippen LogP contribution < -0.4 is 0 Å². The van der Waals surface area contributed by atoms with E-state index in [1.54, 1.807) is 11.1 Å². The standard InChI is InChI=1S/C18H26N2O4S/c1-14(2)9-17(21)20-12-18(13-20)15(6-8-25(18,22)23)10-24-11-16-5-3-4-7-19-16/h3-5,7,14-15H,6,8-13H2,1-2H3/t15-/m0/s1. The molecule has 2 saturated heterocycles. The molecule has 1 amide bonds. The van der Waals surface area contributed by atoms with Gasteiger partial charge in [-0.3, -0.25) is 9.78 Å². The number of amides is 1. The number of ether oxygens (including phenoxy) is 1. The van der Waals surface area contributed by atoms with Crippen molar-refractivity contribution in [3.05, 3.63) is 30.1 Å². The molecule has 25 heavy (non-hydrogen) atoms. The average molecular weight is 366 g/mol. The first-order valence-electron chi connectivity index (χ1n) is 8.82. The molecular formula is C18H26N2O4S. The molecule has 6 nitrogen and oxygen atoms in total. The zero-order chi connectivity index (χ0) is 18.1. The predicted octanol–water partition coefficient (Wildman–Crippen LogP) is 1.66. The van der Waals surface area contributed by atoms with Gasteiger partial charge in [-0.2, -0.15) is 0 Å². The summed E-state index contributed by atoms with van der Waals surface area (Å²) in [6.07, 6.45) is 2.79. The van der Waals surface area contributed by atoms with E-state index < -0.39 is 14.6 Å². The molecule has 2 aliphatic heterocycles. The van der Waals surface area contributed by atoms with Gasteiger partial charge < -0.3 is 9.64 Å². The van der Waals surface area contributed by atoms with Crippen molar-refractivity contribution >= 4 is 15.7 Å². The number of hydrogen-bond acceptors (Lipinski definition) is 5. The fraction of sp³-hybridized carbons (Fsp3) is 0.667. The van der Waals surface area contributed by atoms with Gasteiger partial charge in [-0.25, -0.2) is 8.42 Å². The van der Waals surface area contributed by atoms with Crippen molar-refractivity contribution in [3.8, 4) is 0 Å². The Hall–Kier alpha value is -1.47. The molecule has 2 aliphatic rings. The van der Waals surface area contributed by atoms with Crippen molar-refractivity contribution < 1.29 is 17.9 Å². The van der Waals surface area contributed by atoms with E-state index in [-0.39, 0.29) is 23.5 Å². The lowest BCUT2D eigenvalue weighted by Gasteiger charge is -2.50. The molecule has 0 unspecified atom stereocenters. The van der Waals surface area contributed by atoms with E-state index in [2.05, 4.69) is 4.98 Å². The molecule has 0 radical (unpaired) electrons. The second-order valence-corrected chi connectivity index (χ2v) is 10.0. The van der Waals surface area contributed by atoms with E-state index in [1.807, 2.05) is 32.0 Å². The summed E-state index contributed by atoms with van der Waals surface area (Å²) in [4.78, 5) is 18.1.